The highest BCUT2D eigenvalue weighted by Crippen LogP contribution is 2.33. The van der Waals surface area contributed by atoms with Gasteiger partial charge in [0.2, 0.25) is 5.91 Å². The normalized spacial score (nSPS) is 25.6. The summed E-state index contributed by atoms with van der Waals surface area (Å²) in [5, 5.41) is 6.38. The molecule has 3 heteroatoms. The van der Waals surface area contributed by atoms with E-state index in [1.807, 2.05) is 30.3 Å². The number of benzene rings is 1. The van der Waals surface area contributed by atoms with Gasteiger partial charge in [-0.3, -0.25) is 4.79 Å². The van der Waals surface area contributed by atoms with Gasteiger partial charge in [0, 0.05) is 12.6 Å². The molecule has 0 aromatic heterocycles. The average molecular weight is 274 g/mol. The third-order valence-electron chi connectivity index (χ3n) is 4.61. The summed E-state index contributed by atoms with van der Waals surface area (Å²) in [6.07, 6.45) is 3.74. The molecule has 0 heterocycles. The molecule has 0 bridgehead atoms. The van der Waals surface area contributed by atoms with Gasteiger partial charge in [0.05, 0.1) is 6.54 Å². The Labute approximate surface area is 122 Å². The van der Waals surface area contributed by atoms with E-state index in [9.17, 15) is 4.79 Å². The van der Waals surface area contributed by atoms with Crippen LogP contribution < -0.4 is 10.6 Å². The van der Waals surface area contributed by atoms with E-state index in [1.165, 1.54) is 19.3 Å². The van der Waals surface area contributed by atoms with Gasteiger partial charge in [-0.15, -0.1) is 0 Å². The first-order valence-corrected chi connectivity index (χ1v) is 7.74. The highest BCUT2D eigenvalue weighted by atomic mass is 16.1. The number of carbonyl (C=O) groups is 1. The van der Waals surface area contributed by atoms with Gasteiger partial charge in [-0.05, 0) is 30.2 Å². The lowest BCUT2D eigenvalue weighted by Crippen LogP contribution is -2.40. The topological polar surface area (TPSA) is 41.1 Å². The van der Waals surface area contributed by atoms with Crippen LogP contribution in [0.25, 0.3) is 0 Å². The summed E-state index contributed by atoms with van der Waals surface area (Å²) in [6.45, 7) is 5.61. The number of hydrogen-bond acceptors (Lipinski definition) is 2. The molecule has 0 spiro atoms. The van der Waals surface area contributed by atoms with Gasteiger partial charge < -0.3 is 10.6 Å². The highest BCUT2D eigenvalue weighted by molar-refractivity contribution is 5.78. The van der Waals surface area contributed by atoms with E-state index in [0.29, 0.717) is 25.0 Å². The largest absolute Gasteiger partial charge is 0.351 e. The van der Waals surface area contributed by atoms with Crippen molar-refractivity contribution in [3.05, 3.63) is 35.9 Å². The maximum atomic E-state index is 11.9. The fourth-order valence-corrected chi connectivity index (χ4v) is 3.19. The molecule has 1 aliphatic carbocycles. The lowest BCUT2D eigenvalue weighted by Gasteiger charge is -2.20. The first kappa shape index (κ1) is 15.0. The molecular weight excluding hydrogens is 248 g/mol. The van der Waals surface area contributed by atoms with Gasteiger partial charge >= 0.3 is 0 Å². The van der Waals surface area contributed by atoms with Crippen LogP contribution in [0.2, 0.25) is 0 Å². The van der Waals surface area contributed by atoms with Crippen LogP contribution in [0.15, 0.2) is 30.3 Å². The molecule has 3 nitrogen and oxygen atoms in total. The first-order valence-electron chi connectivity index (χ1n) is 7.74. The van der Waals surface area contributed by atoms with Gasteiger partial charge in [-0.1, -0.05) is 50.6 Å². The molecule has 1 saturated carbocycles. The minimum atomic E-state index is 0.0843. The Morgan fingerprint density at radius 1 is 1.25 bits per heavy atom. The molecule has 3 atom stereocenters. The van der Waals surface area contributed by atoms with Crippen molar-refractivity contribution in [1.82, 2.24) is 10.6 Å². The van der Waals surface area contributed by atoms with Crippen molar-refractivity contribution in [3.63, 3.8) is 0 Å². The molecule has 0 radical (unpaired) electrons. The average Bonchev–Trinajstić information content (AvgIpc) is 2.84. The fraction of sp³-hybridized carbons (Fsp3) is 0.588. The second-order valence-corrected chi connectivity index (χ2v) is 5.85. The molecule has 20 heavy (non-hydrogen) atoms. The predicted octanol–water partition coefficient (Wildman–Crippen LogP) is 2.72. The van der Waals surface area contributed by atoms with Crippen LogP contribution in [0.3, 0.4) is 0 Å². The predicted molar refractivity (Wildman–Crippen MR) is 82.3 cm³/mol. The molecule has 1 aliphatic rings. The third-order valence-corrected chi connectivity index (χ3v) is 4.61. The number of rotatable bonds is 6. The Kier molecular flexibility index (Phi) is 5.60. The molecule has 2 rings (SSSR count). The molecule has 3 unspecified atom stereocenters. The van der Waals surface area contributed by atoms with Crippen molar-refractivity contribution in [2.75, 3.05) is 6.54 Å². The summed E-state index contributed by atoms with van der Waals surface area (Å²) < 4.78 is 0. The van der Waals surface area contributed by atoms with E-state index in [-0.39, 0.29) is 5.91 Å². The van der Waals surface area contributed by atoms with Crippen LogP contribution >= 0.6 is 0 Å². The Morgan fingerprint density at radius 3 is 2.65 bits per heavy atom. The first-order chi connectivity index (χ1) is 9.70. The second-order valence-electron chi connectivity index (χ2n) is 5.85. The molecule has 0 aliphatic heterocycles. The van der Waals surface area contributed by atoms with Gasteiger partial charge in [-0.2, -0.15) is 0 Å². The van der Waals surface area contributed by atoms with Crippen LogP contribution in [0.5, 0.6) is 0 Å². The maximum absolute atomic E-state index is 11.9. The van der Waals surface area contributed by atoms with E-state index < -0.39 is 0 Å². The smallest absolute Gasteiger partial charge is 0.234 e. The summed E-state index contributed by atoms with van der Waals surface area (Å²) in [7, 11) is 0. The quantitative estimate of drug-likeness (QED) is 0.837. The fourth-order valence-electron chi connectivity index (χ4n) is 3.19. The van der Waals surface area contributed by atoms with Crippen LogP contribution in [0.4, 0.5) is 0 Å². The Hall–Kier alpha value is -1.35. The number of amides is 1. The Bertz CT molecular complexity index is 418. The van der Waals surface area contributed by atoms with Crippen LogP contribution in [0, 0.1) is 11.8 Å². The van der Waals surface area contributed by atoms with E-state index in [4.69, 9.17) is 0 Å². The van der Waals surface area contributed by atoms with Crippen molar-refractivity contribution < 1.29 is 4.79 Å². The van der Waals surface area contributed by atoms with E-state index in [1.54, 1.807) is 0 Å². The van der Waals surface area contributed by atoms with Gasteiger partial charge in [0.25, 0.3) is 0 Å². The lowest BCUT2D eigenvalue weighted by molar-refractivity contribution is -0.120. The molecule has 1 amide bonds. The summed E-state index contributed by atoms with van der Waals surface area (Å²) in [5.41, 5.74) is 1.14. The minimum absolute atomic E-state index is 0.0843. The maximum Gasteiger partial charge on any atom is 0.234 e. The molecule has 2 N–H and O–H groups in total. The van der Waals surface area contributed by atoms with Crippen molar-refractivity contribution in [3.8, 4) is 0 Å². The van der Waals surface area contributed by atoms with Gasteiger partial charge in [0.15, 0.2) is 0 Å². The second kappa shape index (κ2) is 7.44. The summed E-state index contributed by atoms with van der Waals surface area (Å²) >= 11 is 0. The zero-order valence-electron chi connectivity index (χ0n) is 12.6. The summed E-state index contributed by atoms with van der Waals surface area (Å²) in [6, 6.07) is 10.5. The molecule has 0 saturated heterocycles. The molecule has 1 aromatic carbocycles. The standard InChI is InChI=1S/C17H26N2O/c1-3-15-9-10-16(13(15)2)18-12-17(20)19-11-14-7-5-4-6-8-14/h4-8,13,15-16,18H,3,9-12H2,1-2H3,(H,19,20). The van der Waals surface area contributed by atoms with E-state index >= 15 is 0 Å². The van der Waals surface area contributed by atoms with Crippen molar-refractivity contribution in [2.24, 2.45) is 11.8 Å². The Morgan fingerprint density at radius 2 is 2.00 bits per heavy atom. The van der Waals surface area contributed by atoms with Crippen LogP contribution in [-0.4, -0.2) is 18.5 Å². The molecular formula is C17H26N2O. The van der Waals surface area contributed by atoms with Crippen molar-refractivity contribution in [1.29, 1.82) is 0 Å². The van der Waals surface area contributed by atoms with E-state index in [2.05, 4.69) is 24.5 Å². The van der Waals surface area contributed by atoms with Crippen LogP contribution in [0.1, 0.15) is 38.7 Å². The van der Waals surface area contributed by atoms with Crippen molar-refractivity contribution >= 4 is 5.91 Å². The zero-order chi connectivity index (χ0) is 14.4. The van der Waals surface area contributed by atoms with Crippen LogP contribution in [-0.2, 0) is 11.3 Å². The zero-order valence-corrected chi connectivity index (χ0v) is 12.6. The lowest BCUT2D eigenvalue weighted by atomic mass is 9.93. The molecule has 1 aromatic rings. The molecule has 110 valence electrons. The van der Waals surface area contributed by atoms with E-state index in [0.717, 1.165) is 11.5 Å². The van der Waals surface area contributed by atoms with Crippen molar-refractivity contribution in [2.45, 2.75) is 45.7 Å². The SMILES string of the molecule is CCC1CCC(NCC(=O)NCc2ccccc2)C1C. The number of nitrogens with one attached hydrogen (secondary N) is 2. The number of hydrogen-bond donors (Lipinski definition) is 2. The van der Waals surface area contributed by atoms with Gasteiger partial charge in [0.1, 0.15) is 0 Å². The highest BCUT2D eigenvalue weighted by Gasteiger charge is 2.31. The third kappa shape index (κ3) is 4.07. The Balaban J connectivity index is 1.68. The monoisotopic (exact) mass is 274 g/mol. The molecule has 1 fully saturated rings. The summed E-state index contributed by atoms with van der Waals surface area (Å²) in [4.78, 5) is 11.9. The minimum Gasteiger partial charge on any atom is -0.351 e. The van der Waals surface area contributed by atoms with Gasteiger partial charge in [-0.25, -0.2) is 0 Å². The number of carbonyl (C=O) groups excluding carboxylic acids is 1. The summed E-state index contributed by atoms with van der Waals surface area (Å²) in [5.74, 6) is 1.59.